The Hall–Kier alpha value is -3.33. The van der Waals surface area contributed by atoms with Crippen molar-refractivity contribution in [1.82, 2.24) is 20.4 Å². The van der Waals surface area contributed by atoms with Gasteiger partial charge < -0.3 is 75.5 Å². The van der Waals surface area contributed by atoms with E-state index < -0.39 is 111 Å². The molecule has 4 aromatic rings. The van der Waals surface area contributed by atoms with Gasteiger partial charge in [-0.15, -0.1) is 6.42 Å². The van der Waals surface area contributed by atoms with Crippen LogP contribution in [0.2, 0.25) is 0 Å². The monoisotopic (exact) mass is 1020 g/mol. The van der Waals surface area contributed by atoms with E-state index in [1.165, 1.54) is 9.77 Å². The van der Waals surface area contributed by atoms with Crippen molar-refractivity contribution in [3.8, 4) is 36.0 Å². The molecule has 19 nitrogen and oxygen atoms in total. The Balaban J connectivity index is 0.000000257. The highest BCUT2D eigenvalue weighted by Crippen LogP contribution is 2.25. The predicted molar refractivity (Wildman–Crippen MR) is 223 cm³/mol. The normalized spacial score (nSPS) is 33.6. The third-order valence-electron chi connectivity index (χ3n) is 9.56. The summed E-state index contributed by atoms with van der Waals surface area (Å²) < 4.78 is 18.0. The number of halogens is 2. The number of benzene rings is 2. The molecular weight excluding hydrogens is 971 g/mol. The number of hydrogen-bond acceptors (Lipinski definition) is 17. The molecular formula is C39H46BrIN4O15. The van der Waals surface area contributed by atoms with Crippen LogP contribution in [0, 0.1) is 39.6 Å². The van der Waals surface area contributed by atoms with E-state index in [-0.39, 0.29) is 7.43 Å². The van der Waals surface area contributed by atoms with Crippen LogP contribution in [0.3, 0.4) is 0 Å². The highest BCUT2D eigenvalue weighted by Gasteiger charge is 2.44. The third-order valence-corrected chi connectivity index (χ3v) is 10.9. The maximum Gasteiger partial charge on any atom is 0.147 e. The number of fused-ring (bicyclic) bond motifs is 2. The molecule has 14 N–H and O–H groups in total. The Morgan fingerprint density at radius 2 is 1.03 bits per heavy atom. The molecule has 15 atom stereocenters. The van der Waals surface area contributed by atoms with Crippen molar-refractivity contribution in [2.45, 2.75) is 99.0 Å². The van der Waals surface area contributed by atoms with Crippen LogP contribution < -0.4 is 0 Å². The zero-order valence-electron chi connectivity index (χ0n) is 30.6. The van der Waals surface area contributed by atoms with Crippen LogP contribution >= 0.6 is 38.5 Å². The van der Waals surface area contributed by atoms with E-state index in [1.54, 1.807) is 12.1 Å². The van der Waals surface area contributed by atoms with Gasteiger partial charge in [0, 0.05) is 24.4 Å². The summed E-state index contributed by atoms with van der Waals surface area (Å²) in [4.78, 5) is 0. The van der Waals surface area contributed by atoms with Crippen molar-refractivity contribution in [2.75, 3.05) is 19.8 Å². The molecule has 5 heterocycles. The Kier molecular flexibility index (Phi) is 18.2. The zero-order valence-corrected chi connectivity index (χ0v) is 34.3. The van der Waals surface area contributed by atoms with E-state index in [4.69, 9.17) is 25.7 Å². The fourth-order valence-electron chi connectivity index (χ4n) is 6.19. The van der Waals surface area contributed by atoms with Crippen molar-refractivity contribution in [2.24, 2.45) is 0 Å². The summed E-state index contributed by atoms with van der Waals surface area (Å²) in [6, 6.07) is 7.38. The van der Waals surface area contributed by atoms with Crippen LogP contribution in [-0.2, 0) is 14.2 Å². The van der Waals surface area contributed by atoms with E-state index in [1.807, 2.05) is 12.3 Å². The molecule has 3 aliphatic heterocycles. The third kappa shape index (κ3) is 11.2. The topological polar surface area (TPSA) is 328 Å². The van der Waals surface area contributed by atoms with E-state index in [9.17, 15) is 56.2 Å². The first kappa shape index (κ1) is 49.3. The number of nitrogens with one attached hydrogen (secondary N) is 2. The quantitative estimate of drug-likeness (QED) is 0.0718. The SMILES string of the molecule is Brc1cc(I)c2[nH]ncc2c1.C.C#C[C@H]1O[C@H](CO)[C@@H](O)[C@H](O)[C@@H]1O.OC[C@H]1O[C@H](C#Cc2cc(C#C[C@H]3O[C@H](CO)[C@@H](O)[C@H](O)[C@@H]3O)c3[nH]ncc3c2)[C@@H](O)[C@@H](O)[C@@H]1O. The first-order valence-corrected chi connectivity index (χ1v) is 19.7. The average Bonchev–Trinajstić information content (AvgIpc) is 3.92. The summed E-state index contributed by atoms with van der Waals surface area (Å²) in [5, 5.41) is 131. The van der Waals surface area contributed by atoms with Gasteiger partial charge in [0.15, 0.2) is 0 Å². The molecule has 326 valence electrons. The van der Waals surface area contributed by atoms with Gasteiger partial charge in [0.25, 0.3) is 0 Å². The first-order valence-electron chi connectivity index (χ1n) is 17.8. The van der Waals surface area contributed by atoms with Crippen LogP contribution in [0.15, 0.2) is 41.1 Å². The molecule has 0 saturated carbocycles. The lowest BCUT2D eigenvalue weighted by Gasteiger charge is -2.37. The second-order valence-corrected chi connectivity index (χ2v) is 15.6. The molecule has 21 heteroatoms. The summed E-state index contributed by atoms with van der Waals surface area (Å²) in [6.45, 7) is -1.60. The van der Waals surface area contributed by atoms with Gasteiger partial charge in [-0.05, 0) is 46.9 Å². The van der Waals surface area contributed by atoms with Crippen molar-refractivity contribution >= 4 is 60.3 Å². The molecule has 60 heavy (non-hydrogen) atoms. The molecule has 3 aliphatic rings. The van der Waals surface area contributed by atoms with Crippen molar-refractivity contribution in [3.05, 3.63) is 55.8 Å². The van der Waals surface area contributed by atoms with Crippen molar-refractivity contribution in [3.63, 3.8) is 0 Å². The van der Waals surface area contributed by atoms with E-state index in [0.717, 1.165) is 15.4 Å². The summed E-state index contributed by atoms with van der Waals surface area (Å²) in [5.41, 5.74) is 2.51. The molecule has 0 radical (unpaired) electrons. The number of aliphatic hydroxyl groups is 12. The molecule has 0 unspecified atom stereocenters. The summed E-state index contributed by atoms with van der Waals surface area (Å²) >= 11 is 5.70. The Morgan fingerprint density at radius 3 is 1.52 bits per heavy atom. The number of H-pyrrole nitrogens is 2. The van der Waals surface area contributed by atoms with Gasteiger partial charge >= 0.3 is 0 Å². The number of rotatable bonds is 3. The second kappa shape index (κ2) is 22.2. The lowest BCUT2D eigenvalue weighted by molar-refractivity contribution is -0.214. The molecule has 0 aliphatic carbocycles. The fraction of sp³-hybridized carbons (Fsp3) is 0.487. The molecule has 0 bridgehead atoms. The fourth-order valence-corrected chi connectivity index (χ4v) is 7.86. The average molecular weight is 1020 g/mol. The van der Waals surface area contributed by atoms with E-state index >= 15 is 0 Å². The van der Waals surface area contributed by atoms with Crippen LogP contribution in [0.1, 0.15) is 18.6 Å². The van der Waals surface area contributed by atoms with Gasteiger partial charge in [0.2, 0.25) is 0 Å². The Bertz CT molecular complexity index is 2190. The van der Waals surface area contributed by atoms with Crippen molar-refractivity contribution in [1.29, 1.82) is 0 Å². The molecule has 2 aromatic carbocycles. The first-order chi connectivity index (χ1) is 28.1. The van der Waals surface area contributed by atoms with Gasteiger partial charge in [-0.1, -0.05) is 53.0 Å². The van der Waals surface area contributed by atoms with Gasteiger partial charge in [0.1, 0.15) is 91.6 Å². The minimum absolute atomic E-state index is 0. The number of terminal acetylenes is 1. The minimum atomic E-state index is -1.55. The van der Waals surface area contributed by atoms with Crippen LogP contribution in [0.4, 0.5) is 0 Å². The number of hydrogen-bond donors (Lipinski definition) is 14. The highest BCUT2D eigenvalue weighted by molar-refractivity contribution is 14.1. The second-order valence-electron chi connectivity index (χ2n) is 13.5. The molecule has 0 spiro atoms. The maximum atomic E-state index is 10.2. The lowest BCUT2D eigenvalue weighted by atomic mass is 9.95. The maximum absolute atomic E-state index is 10.2. The van der Waals surface area contributed by atoms with Gasteiger partial charge in [-0.25, -0.2) is 0 Å². The van der Waals surface area contributed by atoms with E-state index in [2.05, 4.69) is 94.6 Å². The van der Waals surface area contributed by atoms with Crippen LogP contribution in [0.25, 0.3) is 21.8 Å². The summed E-state index contributed by atoms with van der Waals surface area (Å²) in [6.07, 6.45) is -11.2. The van der Waals surface area contributed by atoms with Crippen LogP contribution in [0.5, 0.6) is 0 Å². The molecule has 3 fully saturated rings. The molecule has 0 amide bonds. The number of nitrogens with zero attached hydrogens (tertiary/aromatic N) is 2. The standard InChI is InChI=1S/C23H26N2O10.C8H12O5.C7H4BrIN2.CH4/c26-8-15-20(30)22(32)18(28)13(34-15)3-1-10-5-11(17-12(6-10)7-24-25-17)2-4-14-19(29)23(33)21(31)16(9-27)35-14;1-2-4-6(10)8(12)7(11)5(3-9)13-4;8-5-1-4-3-10-11-7(4)6(9)2-5;/h5-7,13-16,18-23,26-33H,8-9H2,(H,24,25);1,4-12H,3H2;1-3H,(H,10,11);1H4/t13-,14-,15-,16-,18-,19-,20-,21-,22-,23-;4-,5-,6-,7-,8-;;/m11../s1. The van der Waals surface area contributed by atoms with Gasteiger partial charge in [-0.3, -0.25) is 10.2 Å². The van der Waals surface area contributed by atoms with Crippen LogP contribution in [-0.4, -0.2) is 193 Å². The van der Waals surface area contributed by atoms with Gasteiger partial charge in [-0.2, -0.15) is 10.2 Å². The smallest absolute Gasteiger partial charge is 0.147 e. The zero-order chi connectivity index (χ0) is 43.1. The molecule has 2 aromatic heterocycles. The van der Waals surface area contributed by atoms with Gasteiger partial charge in [0.05, 0.1) is 48.8 Å². The Labute approximate surface area is 365 Å². The lowest BCUT2D eigenvalue weighted by Crippen LogP contribution is -2.58. The van der Waals surface area contributed by atoms with Crippen molar-refractivity contribution < 1.29 is 75.5 Å². The number of aromatic amines is 2. The van der Waals surface area contributed by atoms with E-state index in [0.29, 0.717) is 22.0 Å². The molecule has 3 saturated heterocycles. The Morgan fingerprint density at radius 1 is 0.600 bits per heavy atom. The highest BCUT2D eigenvalue weighted by atomic mass is 127. The number of aliphatic hydroxyl groups excluding tert-OH is 12. The summed E-state index contributed by atoms with van der Waals surface area (Å²) in [5.74, 6) is 13.1. The number of ether oxygens (including phenoxy) is 3. The largest absolute Gasteiger partial charge is 0.394 e. The number of aromatic nitrogens is 4. The predicted octanol–water partition coefficient (Wildman–Crippen LogP) is -3.02. The molecule has 7 rings (SSSR count). The minimum Gasteiger partial charge on any atom is -0.394 e. The summed E-state index contributed by atoms with van der Waals surface area (Å²) in [7, 11) is 0.